The predicted octanol–water partition coefficient (Wildman–Crippen LogP) is 3.85. The highest BCUT2D eigenvalue weighted by Crippen LogP contribution is 2.35. The van der Waals surface area contributed by atoms with Gasteiger partial charge >= 0.3 is 0 Å². The third kappa shape index (κ3) is 3.34. The third-order valence-electron chi connectivity index (χ3n) is 4.45. The molecule has 5 nitrogen and oxygen atoms in total. The Hall–Kier alpha value is -2.01. The zero-order valence-electron chi connectivity index (χ0n) is 14.0. The Bertz CT molecular complexity index is 666. The van der Waals surface area contributed by atoms with Crippen LogP contribution in [0.3, 0.4) is 0 Å². The monoisotopic (exact) mass is 316 g/mol. The molecule has 3 rings (SSSR count). The molecular formula is C18H24N2O3. The summed E-state index contributed by atoms with van der Waals surface area (Å²) in [5.41, 5.74) is 2.15. The maximum Gasteiger partial charge on any atom is 0.160 e. The molecule has 0 spiro atoms. The van der Waals surface area contributed by atoms with Gasteiger partial charge in [0, 0.05) is 18.5 Å². The first kappa shape index (κ1) is 15.9. The first-order valence-electron chi connectivity index (χ1n) is 8.15. The van der Waals surface area contributed by atoms with Gasteiger partial charge in [-0.25, -0.2) is 0 Å². The van der Waals surface area contributed by atoms with Crippen LogP contribution in [0.1, 0.15) is 55.7 Å². The topological polar surface area (TPSA) is 58.7 Å². The van der Waals surface area contributed by atoms with E-state index >= 15 is 0 Å². The molecule has 1 aliphatic rings. The van der Waals surface area contributed by atoms with Gasteiger partial charge in [0.2, 0.25) is 0 Å². The molecular weight excluding hydrogens is 292 g/mol. The van der Waals surface area contributed by atoms with Crippen LogP contribution in [0.2, 0.25) is 0 Å². The Morgan fingerprint density at radius 1 is 1.39 bits per heavy atom. The van der Waals surface area contributed by atoms with Crippen molar-refractivity contribution in [2.75, 3.05) is 13.7 Å². The maximum absolute atomic E-state index is 9.72. The summed E-state index contributed by atoms with van der Waals surface area (Å²) in [4.78, 5) is 2.41. The molecule has 1 atom stereocenters. The highest BCUT2D eigenvalue weighted by molar-refractivity contribution is 5.41. The van der Waals surface area contributed by atoms with Crippen molar-refractivity contribution in [3.63, 3.8) is 0 Å². The van der Waals surface area contributed by atoms with Crippen molar-refractivity contribution < 1.29 is 14.4 Å². The smallest absolute Gasteiger partial charge is 0.160 e. The molecule has 0 bridgehead atoms. The summed E-state index contributed by atoms with van der Waals surface area (Å²) in [7, 11) is 1.57. The van der Waals surface area contributed by atoms with Gasteiger partial charge in [0.1, 0.15) is 11.5 Å². The summed E-state index contributed by atoms with van der Waals surface area (Å²) >= 11 is 0. The quantitative estimate of drug-likeness (QED) is 0.908. The largest absolute Gasteiger partial charge is 0.504 e. The number of rotatable bonds is 5. The fourth-order valence-corrected chi connectivity index (χ4v) is 3.14. The van der Waals surface area contributed by atoms with E-state index in [9.17, 15) is 5.11 Å². The van der Waals surface area contributed by atoms with Gasteiger partial charge in [-0.3, -0.25) is 4.90 Å². The van der Waals surface area contributed by atoms with Gasteiger partial charge in [-0.2, -0.15) is 0 Å². The molecule has 1 N–H and O–H groups in total. The third-order valence-corrected chi connectivity index (χ3v) is 4.45. The van der Waals surface area contributed by atoms with Gasteiger partial charge in [0.05, 0.1) is 13.2 Å². The van der Waals surface area contributed by atoms with E-state index in [2.05, 4.69) is 30.0 Å². The summed E-state index contributed by atoms with van der Waals surface area (Å²) in [5, 5.41) is 14.0. The number of nitrogens with zero attached hydrogens (tertiary/aromatic N) is 2. The fraction of sp³-hybridized carbons (Fsp3) is 0.500. The van der Waals surface area contributed by atoms with Crippen LogP contribution in [0.25, 0.3) is 0 Å². The number of methoxy groups -OCH3 is 1. The van der Waals surface area contributed by atoms with Crippen LogP contribution in [0.5, 0.6) is 11.5 Å². The Kier molecular flexibility index (Phi) is 4.57. The van der Waals surface area contributed by atoms with E-state index in [1.165, 1.54) is 0 Å². The SMILES string of the molecule is COc1cc(CN2CCC[C@@H]2c2cc(C(C)C)on2)ccc1O. The lowest BCUT2D eigenvalue weighted by molar-refractivity contribution is 0.235. The van der Waals surface area contributed by atoms with E-state index in [1.54, 1.807) is 13.2 Å². The predicted molar refractivity (Wildman–Crippen MR) is 87.6 cm³/mol. The number of phenols is 1. The minimum atomic E-state index is 0.173. The zero-order valence-corrected chi connectivity index (χ0v) is 14.0. The Morgan fingerprint density at radius 2 is 2.22 bits per heavy atom. The van der Waals surface area contributed by atoms with Gasteiger partial charge in [-0.05, 0) is 37.1 Å². The minimum absolute atomic E-state index is 0.173. The molecule has 124 valence electrons. The van der Waals surface area contributed by atoms with Crippen LogP contribution in [0.4, 0.5) is 0 Å². The van der Waals surface area contributed by atoms with E-state index in [-0.39, 0.29) is 5.75 Å². The highest BCUT2D eigenvalue weighted by Gasteiger charge is 2.29. The lowest BCUT2D eigenvalue weighted by atomic mass is 10.1. The summed E-state index contributed by atoms with van der Waals surface area (Å²) in [6.07, 6.45) is 2.25. The van der Waals surface area contributed by atoms with Crippen LogP contribution in [0.15, 0.2) is 28.8 Å². The fourth-order valence-electron chi connectivity index (χ4n) is 3.14. The normalized spacial score (nSPS) is 18.7. The van der Waals surface area contributed by atoms with Crippen LogP contribution in [0, 0.1) is 0 Å². The van der Waals surface area contributed by atoms with E-state index in [4.69, 9.17) is 9.26 Å². The van der Waals surface area contributed by atoms with Gasteiger partial charge in [0.25, 0.3) is 0 Å². The molecule has 1 saturated heterocycles. The molecule has 5 heteroatoms. The number of aromatic hydroxyl groups is 1. The van der Waals surface area contributed by atoms with Crippen LogP contribution >= 0.6 is 0 Å². The van der Waals surface area contributed by atoms with Crippen LogP contribution in [-0.2, 0) is 6.54 Å². The van der Waals surface area contributed by atoms with E-state index in [0.29, 0.717) is 17.7 Å². The molecule has 0 amide bonds. The van der Waals surface area contributed by atoms with E-state index in [0.717, 1.165) is 42.9 Å². The number of hydrogen-bond acceptors (Lipinski definition) is 5. The van der Waals surface area contributed by atoms with Crippen molar-refractivity contribution >= 4 is 0 Å². The minimum Gasteiger partial charge on any atom is -0.504 e. The number of phenolic OH excluding ortho intramolecular Hbond substituents is 1. The highest BCUT2D eigenvalue weighted by atomic mass is 16.5. The van der Waals surface area contributed by atoms with Crippen molar-refractivity contribution in [3.8, 4) is 11.5 Å². The summed E-state index contributed by atoms with van der Waals surface area (Å²) in [6.45, 7) is 6.07. The molecule has 0 radical (unpaired) electrons. The standard InChI is InChI=1S/C18H24N2O3/c1-12(2)17-10-14(19-23-17)15-5-4-8-20(15)11-13-6-7-16(21)18(9-13)22-3/h6-7,9-10,12,15,21H,4-5,8,11H2,1-3H3/t15-/m1/s1. The molecule has 0 aliphatic carbocycles. The van der Waals surface area contributed by atoms with Crippen molar-refractivity contribution in [1.29, 1.82) is 0 Å². The molecule has 2 aromatic rings. The number of likely N-dealkylation sites (tertiary alicyclic amines) is 1. The molecule has 1 aliphatic heterocycles. The molecule has 2 heterocycles. The molecule has 1 fully saturated rings. The van der Waals surface area contributed by atoms with Crippen LogP contribution in [-0.4, -0.2) is 28.8 Å². The Balaban J connectivity index is 1.76. The second-order valence-electron chi connectivity index (χ2n) is 6.44. The summed E-state index contributed by atoms with van der Waals surface area (Å²) in [5.74, 6) is 1.99. The Morgan fingerprint density at radius 3 is 2.91 bits per heavy atom. The van der Waals surface area contributed by atoms with Crippen molar-refractivity contribution in [3.05, 3.63) is 41.3 Å². The maximum atomic E-state index is 9.72. The molecule has 0 unspecified atom stereocenters. The molecule has 23 heavy (non-hydrogen) atoms. The first-order valence-corrected chi connectivity index (χ1v) is 8.15. The first-order chi connectivity index (χ1) is 11.1. The van der Waals surface area contributed by atoms with Gasteiger partial charge in [-0.1, -0.05) is 25.1 Å². The summed E-state index contributed by atoms with van der Waals surface area (Å²) in [6, 6.07) is 7.91. The van der Waals surface area contributed by atoms with Gasteiger partial charge in [-0.15, -0.1) is 0 Å². The van der Waals surface area contributed by atoms with Crippen LogP contribution < -0.4 is 4.74 Å². The van der Waals surface area contributed by atoms with E-state index < -0.39 is 0 Å². The second-order valence-corrected chi connectivity index (χ2v) is 6.44. The van der Waals surface area contributed by atoms with E-state index in [1.807, 2.05) is 12.1 Å². The number of ether oxygens (including phenoxy) is 1. The average molecular weight is 316 g/mol. The number of aromatic nitrogens is 1. The lowest BCUT2D eigenvalue weighted by Gasteiger charge is -2.23. The lowest BCUT2D eigenvalue weighted by Crippen LogP contribution is -2.23. The van der Waals surface area contributed by atoms with Crippen molar-refractivity contribution in [2.45, 2.75) is 45.2 Å². The average Bonchev–Trinajstić information content (AvgIpc) is 3.17. The molecule has 0 saturated carbocycles. The second kappa shape index (κ2) is 6.62. The Labute approximate surface area is 136 Å². The number of hydrogen-bond donors (Lipinski definition) is 1. The zero-order chi connectivity index (χ0) is 16.4. The van der Waals surface area contributed by atoms with Crippen molar-refractivity contribution in [1.82, 2.24) is 10.1 Å². The van der Waals surface area contributed by atoms with Gasteiger partial charge in [0.15, 0.2) is 11.5 Å². The van der Waals surface area contributed by atoms with Crippen molar-refractivity contribution in [2.24, 2.45) is 0 Å². The molecule has 1 aromatic carbocycles. The van der Waals surface area contributed by atoms with Gasteiger partial charge < -0.3 is 14.4 Å². The summed E-state index contributed by atoms with van der Waals surface area (Å²) < 4.78 is 10.7. The molecule has 1 aromatic heterocycles. The number of benzene rings is 1.